The summed E-state index contributed by atoms with van der Waals surface area (Å²) in [5.74, 6) is -0.397. The van der Waals surface area contributed by atoms with Crippen molar-refractivity contribution in [2.24, 2.45) is 0 Å². The van der Waals surface area contributed by atoms with Gasteiger partial charge in [-0.25, -0.2) is 8.42 Å². The number of amides is 1. The van der Waals surface area contributed by atoms with E-state index in [4.69, 9.17) is 5.11 Å². The van der Waals surface area contributed by atoms with Crippen LogP contribution in [0.3, 0.4) is 0 Å². The van der Waals surface area contributed by atoms with Gasteiger partial charge in [0.15, 0.2) is 0 Å². The summed E-state index contributed by atoms with van der Waals surface area (Å²) < 4.78 is 27.3. The van der Waals surface area contributed by atoms with Crippen LogP contribution in [0.5, 0.6) is 0 Å². The van der Waals surface area contributed by atoms with Crippen LogP contribution in [0.2, 0.25) is 0 Å². The van der Waals surface area contributed by atoms with Crippen LogP contribution in [0, 0.1) is 13.8 Å². The average molecular weight is 391 g/mol. The van der Waals surface area contributed by atoms with Crippen LogP contribution in [0.25, 0.3) is 0 Å². The van der Waals surface area contributed by atoms with E-state index in [1.165, 1.54) is 4.31 Å². The molecule has 2 rings (SSSR count). The van der Waals surface area contributed by atoms with E-state index in [-0.39, 0.29) is 24.6 Å². The average Bonchev–Trinajstić information content (AvgIpc) is 2.63. The lowest BCUT2D eigenvalue weighted by atomic mass is 10.1. The first-order valence-corrected chi connectivity index (χ1v) is 10.3. The van der Waals surface area contributed by atoms with Gasteiger partial charge in [0.05, 0.1) is 11.4 Å². The Morgan fingerprint density at radius 1 is 1.00 bits per heavy atom. The Balaban J connectivity index is 2.25. The molecular weight excluding hydrogens is 364 g/mol. The molecule has 0 aliphatic heterocycles. The van der Waals surface area contributed by atoms with E-state index in [1.807, 2.05) is 38.1 Å². The summed E-state index contributed by atoms with van der Waals surface area (Å²) in [6.45, 7) is 3.93. The number of benzene rings is 2. The number of aliphatic hydroxyl groups excluding tert-OH is 1. The van der Waals surface area contributed by atoms with E-state index >= 15 is 0 Å². The summed E-state index contributed by atoms with van der Waals surface area (Å²) in [5.41, 5.74) is 2.84. The summed E-state index contributed by atoms with van der Waals surface area (Å²) in [6.07, 6.45) is 0.425. The lowest BCUT2D eigenvalue weighted by Crippen LogP contribution is -2.40. The molecule has 0 heterocycles. The van der Waals surface area contributed by atoms with Gasteiger partial charge in [0.2, 0.25) is 15.9 Å². The third-order valence-electron chi connectivity index (χ3n) is 4.12. The highest BCUT2D eigenvalue weighted by molar-refractivity contribution is 7.89. The van der Waals surface area contributed by atoms with Crippen LogP contribution in [-0.2, 0) is 21.4 Å². The van der Waals surface area contributed by atoms with Gasteiger partial charge in [-0.05, 0) is 38.0 Å². The zero-order valence-corrected chi connectivity index (χ0v) is 16.5. The monoisotopic (exact) mass is 390 g/mol. The molecule has 0 atom stereocenters. The first-order valence-electron chi connectivity index (χ1n) is 8.83. The molecule has 0 saturated carbocycles. The van der Waals surface area contributed by atoms with Crippen LogP contribution in [-0.4, -0.2) is 43.4 Å². The Bertz CT molecular complexity index is 847. The standard InChI is InChI=1S/C20H26N2O4S/c1-16-4-8-18(9-5-16)14-22(15-20(24)21-12-3-13-23)27(25,26)19-10-6-17(2)7-11-19/h4-11,23H,3,12-15H2,1-2H3,(H,21,24). The summed E-state index contributed by atoms with van der Waals surface area (Å²) in [6, 6.07) is 14.1. The number of nitrogens with zero attached hydrogens (tertiary/aromatic N) is 1. The van der Waals surface area contributed by atoms with Crippen LogP contribution in [0.1, 0.15) is 23.1 Å². The van der Waals surface area contributed by atoms with Crippen molar-refractivity contribution in [2.45, 2.75) is 31.7 Å². The Morgan fingerprint density at radius 2 is 1.56 bits per heavy atom. The Kier molecular flexibility index (Phi) is 7.53. The second-order valence-electron chi connectivity index (χ2n) is 6.50. The number of nitrogens with one attached hydrogen (secondary N) is 1. The zero-order chi connectivity index (χ0) is 19.9. The molecule has 2 aromatic carbocycles. The number of rotatable bonds is 9. The molecule has 0 aromatic heterocycles. The first-order chi connectivity index (χ1) is 12.8. The molecule has 2 aromatic rings. The fourth-order valence-electron chi connectivity index (χ4n) is 2.51. The zero-order valence-electron chi connectivity index (χ0n) is 15.7. The fourth-order valence-corrected chi connectivity index (χ4v) is 3.89. The third kappa shape index (κ3) is 6.16. The number of aryl methyl sites for hydroxylation is 2. The van der Waals surface area contributed by atoms with Gasteiger partial charge >= 0.3 is 0 Å². The highest BCUT2D eigenvalue weighted by Crippen LogP contribution is 2.19. The smallest absolute Gasteiger partial charge is 0.243 e. The second-order valence-corrected chi connectivity index (χ2v) is 8.44. The quantitative estimate of drug-likeness (QED) is 0.641. The van der Waals surface area contributed by atoms with Crippen molar-refractivity contribution in [1.29, 1.82) is 0 Å². The van der Waals surface area contributed by atoms with E-state index in [0.29, 0.717) is 13.0 Å². The van der Waals surface area contributed by atoms with Crippen LogP contribution in [0.15, 0.2) is 53.4 Å². The van der Waals surface area contributed by atoms with E-state index in [2.05, 4.69) is 5.32 Å². The number of sulfonamides is 1. The maximum absolute atomic E-state index is 13.1. The number of hydrogen-bond acceptors (Lipinski definition) is 4. The van der Waals surface area contributed by atoms with Crippen molar-refractivity contribution in [3.05, 3.63) is 65.2 Å². The molecule has 1 amide bonds. The lowest BCUT2D eigenvalue weighted by Gasteiger charge is -2.22. The largest absolute Gasteiger partial charge is 0.396 e. The fraction of sp³-hybridized carbons (Fsp3) is 0.350. The highest BCUT2D eigenvalue weighted by atomic mass is 32.2. The van der Waals surface area contributed by atoms with Gasteiger partial charge in [-0.15, -0.1) is 0 Å². The Hall–Kier alpha value is -2.22. The first kappa shape index (κ1) is 21.1. The topological polar surface area (TPSA) is 86.7 Å². The molecule has 0 unspecified atom stereocenters. The van der Waals surface area contributed by atoms with E-state index in [1.54, 1.807) is 24.3 Å². The molecule has 0 aliphatic rings. The van der Waals surface area contributed by atoms with Crippen LogP contribution >= 0.6 is 0 Å². The van der Waals surface area contributed by atoms with Gasteiger partial charge in [-0.1, -0.05) is 47.5 Å². The van der Waals surface area contributed by atoms with E-state index in [0.717, 1.165) is 16.7 Å². The molecular formula is C20H26N2O4S. The summed E-state index contributed by atoms with van der Waals surface area (Å²) in [4.78, 5) is 12.4. The third-order valence-corrected chi connectivity index (χ3v) is 5.92. The normalized spacial score (nSPS) is 11.6. The number of hydrogen-bond donors (Lipinski definition) is 2. The maximum Gasteiger partial charge on any atom is 0.243 e. The van der Waals surface area contributed by atoms with Gasteiger partial charge in [-0.3, -0.25) is 4.79 Å². The minimum absolute atomic E-state index is 0.0327. The molecule has 0 radical (unpaired) electrons. The Labute approximate surface area is 160 Å². The summed E-state index contributed by atoms with van der Waals surface area (Å²) >= 11 is 0. The van der Waals surface area contributed by atoms with Gasteiger partial charge in [-0.2, -0.15) is 4.31 Å². The summed E-state index contributed by atoms with van der Waals surface area (Å²) in [7, 11) is -3.83. The highest BCUT2D eigenvalue weighted by Gasteiger charge is 2.26. The van der Waals surface area contributed by atoms with E-state index < -0.39 is 15.9 Å². The predicted octanol–water partition coefficient (Wildman–Crippen LogP) is 1.99. The van der Waals surface area contributed by atoms with Crippen molar-refractivity contribution in [3.8, 4) is 0 Å². The predicted molar refractivity (Wildman–Crippen MR) is 105 cm³/mol. The molecule has 0 aliphatic carbocycles. The molecule has 6 nitrogen and oxygen atoms in total. The lowest BCUT2D eigenvalue weighted by molar-refractivity contribution is -0.121. The van der Waals surface area contributed by atoms with Crippen molar-refractivity contribution >= 4 is 15.9 Å². The van der Waals surface area contributed by atoms with E-state index in [9.17, 15) is 13.2 Å². The minimum Gasteiger partial charge on any atom is -0.396 e. The van der Waals surface area contributed by atoms with Crippen molar-refractivity contribution in [3.63, 3.8) is 0 Å². The molecule has 146 valence electrons. The minimum atomic E-state index is -3.83. The molecule has 0 saturated heterocycles. The van der Waals surface area contributed by atoms with Crippen molar-refractivity contribution in [2.75, 3.05) is 19.7 Å². The van der Waals surface area contributed by atoms with Crippen molar-refractivity contribution in [1.82, 2.24) is 9.62 Å². The van der Waals surface area contributed by atoms with Crippen LogP contribution in [0.4, 0.5) is 0 Å². The maximum atomic E-state index is 13.1. The van der Waals surface area contributed by atoms with Gasteiger partial charge in [0.25, 0.3) is 0 Å². The number of carbonyl (C=O) groups excluding carboxylic acids is 1. The number of aliphatic hydroxyl groups is 1. The Morgan fingerprint density at radius 3 is 2.11 bits per heavy atom. The van der Waals surface area contributed by atoms with Gasteiger partial charge < -0.3 is 10.4 Å². The van der Waals surface area contributed by atoms with Crippen LogP contribution < -0.4 is 5.32 Å². The molecule has 27 heavy (non-hydrogen) atoms. The van der Waals surface area contributed by atoms with Gasteiger partial charge in [0.1, 0.15) is 0 Å². The second kappa shape index (κ2) is 9.64. The molecule has 2 N–H and O–H groups in total. The van der Waals surface area contributed by atoms with Crippen molar-refractivity contribution < 1.29 is 18.3 Å². The number of carbonyl (C=O) groups is 1. The molecule has 7 heteroatoms. The molecule has 0 fully saturated rings. The molecule has 0 spiro atoms. The molecule has 0 bridgehead atoms. The summed E-state index contributed by atoms with van der Waals surface area (Å²) in [5, 5.41) is 11.5. The SMILES string of the molecule is Cc1ccc(CN(CC(=O)NCCCO)S(=O)(=O)c2ccc(C)cc2)cc1. The van der Waals surface area contributed by atoms with Gasteiger partial charge in [0, 0.05) is 19.7 Å².